The zero-order valence-electron chi connectivity index (χ0n) is 7.96. The number of methoxy groups -OCH3 is 1. The van der Waals surface area contributed by atoms with Gasteiger partial charge in [-0.25, -0.2) is 0 Å². The zero-order valence-corrected chi connectivity index (χ0v) is 7.96. The molecule has 72 valence electrons. The molecule has 0 bridgehead atoms. The lowest BCUT2D eigenvalue weighted by Crippen LogP contribution is -2.05. The lowest BCUT2D eigenvalue weighted by molar-refractivity contribution is -0.142. The lowest BCUT2D eigenvalue weighted by Gasteiger charge is -1.90. The Kier molecular flexibility index (Phi) is 9.34. The van der Waals surface area contributed by atoms with Crippen LogP contribution < -0.4 is 0 Å². The number of ether oxygens (including phenoxy) is 1. The van der Waals surface area contributed by atoms with E-state index in [0.717, 1.165) is 0 Å². The summed E-state index contributed by atoms with van der Waals surface area (Å²) < 4.78 is 4.20. The van der Waals surface area contributed by atoms with Crippen LogP contribution in [0.1, 0.15) is 27.2 Å². The van der Waals surface area contributed by atoms with Gasteiger partial charge in [0.2, 0.25) is 0 Å². The highest BCUT2D eigenvalue weighted by molar-refractivity contribution is 5.93. The molecule has 1 N–H and O–H groups in total. The summed E-state index contributed by atoms with van der Waals surface area (Å²) >= 11 is 0. The highest BCUT2D eigenvalue weighted by atomic mass is 16.5. The normalized spacial score (nSPS) is 8.50. The number of rotatable bonds is 2. The van der Waals surface area contributed by atoms with Crippen LogP contribution in [-0.4, -0.2) is 30.1 Å². The number of esters is 1. The first kappa shape index (κ1) is 13.7. The molecule has 0 aromatic carbocycles. The molecule has 0 aliphatic carbocycles. The summed E-state index contributed by atoms with van der Waals surface area (Å²) in [6.07, 6.45) is -0.281. The number of hydrogen-bond donors (Lipinski definition) is 1. The van der Waals surface area contributed by atoms with E-state index < -0.39 is 5.97 Å². The molecule has 0 rings (SSSR count). The Morgan fingerprint density at radius 1 is 1.42 bits per heavy atom. The van der Waals surface area contributed by atoms with Crippen LogP contribution in [0, 0.1) is 0 Å². The van der Waals surface area contributed by atoms with E-state index in [-0.39, 0.29) is 18.3 Å². The highest BCUT2D eigenvalue weighted by Gasteiger charge is 2.01. The molecule has 0 radical (unpaired) electrons. The molecule has 0 aromatic rings. The van der Waals surface area contributed by atoms with E-state index in [0.29, 0.717) is 0 Å². The quantitative estimate of drug-likeness (QED) is 0.492. The van der Waals surface area contributed by atoms with Crippen molar-refractivity contribution in [1.82, 2.24) is 0 Å². The summed E-state index contributed by atoms with van der Waals surface area (Å²) in [6, 6.07) is 0. The van der Waals surface area contributed by atoms with Crippen molar-refractivity contribution in [2.24, 2.45) is 0 Å². The van der Waals surface area contributed by atoms with Gasteiger partial charge in [0.25, 0.3) is 0 Å². The number of carbonyl (C=O) groups is 2. The molecule has 0 heterocycles. The van der Waals surface area contributed by atoms with Gasteiger partial charge < -0.3 is 9.84 Å². The minimum Gasteiger partial charge on any atom is -0.469 e. The third kappa shape index (κ3) is 23.0. The molecule has 0 amide bonds. The maximum absolute atomic E-state index is 10.2. The van der Waals surface area contributed by atoms with E-state index in [1.165, 1.54) is 14.0 Å². The first-order valence-electron chi connectivity index (χ1n) is 3.64. The minimum atomic E-state index is -0.475. The summed E-state index contributed by atoms with van der Waals surface area (Å²) in [4.78, 5) is 20.3. The van der Waals surface area contributed by atoms with Crippen LogP contribution in [0.15, 0.2) is 0 Å². The van der Waals surface area contributed by atoms with E-state index in [9.17, 15) is 9.59 Å². The second kappa shape index (κ2) is 8.20. The van der Waals surface area contributed by atoms with Crippen molar-refractivity contribution in [2.75, 3.05) is 7.11 Å². The molecule has 0 fully saturated rings. The number of aliphatic hydroxyl groups is 1. The second-order valence-electron chi connectivity index (χ2n) is 2.55. The van der Waals surface area contributed by atoms with Crippen LogP contribution in [-0.2, 0) is 14.3 Å². The van der Waals surface area contributed by atoms with E-state index in [4.69, 9.17) is 5.11 Å². The minimum absolute atomic E-state index is 0.115. The van der Waals surface area contributed by atoms with Crippen LogP contribution in [0.4, 0.5) is 0 Å². The number of ketones is 1. The Hall–Kier alpha value is -0.900. The van der Waals surface area contributed by atoms with Crippen molar-refractivity contribution in [3.05, 3.63) is 0 Å². The van der Waals surface area contributed by atoms with Crippen LogP contribution in [0.5, 0.6) is 0 Å². The summed E-state index contributed by atoms with van der Waals surface area (Å²) in [5.41, 5.74) is 0. The van der Waals surface area contributed by atoms with E-state index in [2.05, 4.69) is 4.74 Å². The van der Waals surface area contributed by atoms with Crippen molar-refractivity contribution in [3.63, 3.8) is 0 Å². The third-order valence-electron chi connectivity index (χ3n) is 0.621. The van der Waals surface area contributed by atoms with Crippen molar-refractivity contribution in [1.29, 1.82) is 0 Å². The average molecular weight is 176 g/mol. The molecule has 0 spiro atoms. The summed E-state index contributed by atoms with van der Waals surface area (Å²) in [5, 5.41) is 8.06. The molecular weight excluding hydrogens is 160 g/mol. The molecule has 0 saturated heterocycles. The van der Waals surface area contributed by atoms with Gasteiger partial charge in [0, 0.05) is 6.10 Å². The van der Waals surface area contributed by atoms with Crippen molar-refractivity contribution >= 4 is 11.8 Å². The zero-order chi connectivity index (χ0) is 10.1. The maximum Gasteiger partial charge on any atom is 0.313 e. The molecule has 0 saturated carbocycles. The van der Waals surface area contributed by atoms with Crippen molar-refractivity contribution in [3.8, 4) is 0 Å². The molecule has 0 aliphatic rings. The Morgan fingerprint density at radius 2 is 1.75 bits per heavy atom. The van der Waals surface area contributed by atoms with Gasteiger partial charge >= 0.3 is 5.97 Å². The summed E-state index contributed by atoms with van der Waals surface area (Å²) in [6.45, 7) is 4.79. The predicted octanol–water partition coefficient (Wildman–Crippen LogP) is 0.526. The molecule has 12 heavy (non-hydrogen) atoms. The van der Waals surface area contributed by atoms with Crippen molar-refractivity contribution < 1.29 is 19.4 Å². The van der Waals surface area contributed by atoms with Crippen LogP contribution >= 0.6 is 0 Å². The number of carbonyl (C=O) groups excluding carboxylic acids is 2. The third-order valence-corrected chi connectivity index (χ3v) is 0.621. The van der Waals surface area contributed by atoms with Gasteiger partial charge in [0.1, 0.15) is 12.2 Å². The smallest absolute Gasteiger partial charge is 0.313 e. The molecule has 0 aliphatic heterocycles. The van der Waals surface area contributed by atoms with Gasteiger partial charge in [-0.3, -0.25) is 9.59 Å². The van der Waals surface area contributed by atoms with E-state index in [1.807, 2.05) is 0 Å². The number of hydrogen-bond acceptors (Lipinski definition) is 4. The Labute approximate surface area is 72.5 Å². The van der Waals surface area contributed by atoms with E-state index in [1.54, 1.807) is 13.8 Å². The SMILES string of the molecule is CC(C)O.COC(=O)CC(C)=O. The van der Waals surface area contributed by atoms with Gasteiger partial charge in [-0.05, 0) is 20.8 Å². The largest absolute Gasteiger partial charge is 0.469 e. The highest BCUT2D eigenvalue weighted by Crippen LogP contribution is 1.83. The molecular formula is C8H16O4. The van der Waals surface area contributed by atoms with Gasteiger partial charge in [0.15, 0.2) is 0 Å². The van der Waals surface area contributed by atoms with Gasteiger partial charge in [0.05, 0.1) is 7.11 Å². The first-order valence-corrected chi connectivity index (χ1v) is 3.64. The van der Waals surface area contributed by atoms with Gasteiger partial charge in [-0.1, -0.05) is 0 Å². The predicted molar refractivity (Wildman–Crippen MR) is 44.7 cm³/mol. The van der Waals surface area contributed by atoms with Crippen LogP contribution in [0.3, 0.4) is 0 Å². The standard InChI is InChI=1S/C5H8O3.C3H8O/c1-4(6)3-5(7)8-2;1-3(2)4/h3H2,1-2H3;3-4H,1-2H3. The number of Topliss-reactive ketones (excluding diaryl/α,β-unsaturated/α-hetero) is 1. The molecule has 4 heteroatoms. The fraction of sp³-hybridized carbons (Fsp3) is 0.750. The molecule has 0 unspecified atom stereocenters. The first-order chi connectivity index (χ1) is 5.40. The van der Waals surface area contributed by atoms with Gasteiger partial charge in [-0.15, -0.1) is 0 Å². The Balaban J connectivity index is 0. The Bertz CT molecular complexity index is 137. The monoisotopic (exact) mass is 176 g/mol. The second-order valence-corrected chi connectivity index (χ2v) is 2.55. The maximum atomic E-state index is 10.2. The Morgan fingerprint density at radius 3 is 1.83 bits per heavy atom. The van der Waals surface area contributed by atoms with E-state index >= 15 is 0 Å². The topological polar surface area (TPSA) is 63.6 Å². The fourth-order valence-electron chi connectivity index (χ4n) is 0.275. The molecule has 0 aromatic heterocycles. The molecule has 0 atom stereocenters. The van der Waals surface area contributed by atoms with Gasteiger partial charge in [-0.2, -0.15) is 0 Å². The van der Waals surface area contributed by atoms with Crippen molar-refractivity contribution in [2.45, 2.75) is 33.3 Å². The van der Waals surface area contributed by atoms with Crippen LogP contribution in [0.25, 0.3) is 0 Å². The average Bonchev–Trinajstić information content (AvgIpc) is 1.84. The lowest BCUT2D eigenvalue weighted by atomic mass is 10.3. The van der Waals surface area contributed by atoms with Crippen LogP contribution in [0.2, 0.25) is 0 Å². The fourth-order valence-corrected chi connectivity index (χ4v) is 0.275. The molecule has 4 nitrogen and oxygen atoms in total. The number of aliphatic hydroxyl groups excluding tert-OH is 1. The summed E-state index contributed by atoms with van der Waals surface area (Å²) in [7, 11) is 1.26. The summed E-state index contributed by atoms with van der Waals surface area (Å²) in [5.74, 6) is -0.644.